The number of pyridine rings is 1. The molecule has 0 saturated carbocycles. The number of methoxy groups -OCH3 is 1. The van der Waals surface area contributed by atoms with E-state index < -0.39 is 0 Å². The minimum atomic E-state index is -0.0329. The molecule has 0 unspecified atom stereocenters. The van der Waals surface area contributed by atoms with Crippen LogP contribution in [-0.4, -0.2) is 79.1 Å². The lowest BCUT2D eigenvalue weighted by atomic mass is 9.93. The summed E-state index contributed by atoms with van der Waals surface area (Å²) in [6.45, 7) is 4.28. The lowest BCUT2D eigenvalue weighted by molar-refractivity contribution is -0.127. The number of aromatic nitrogens is 1. The second-order valence-electron chi connectivity index (χ2n) is 7.69. The van der Waals surface area contributed by atoms with Crippen molar-refractivity contribution in [1.29, 1.82) is 5.26 Å². The van der Waals surface area contributed by atoms with E-state index in [0.717, 1.165) is 38.8 Å². The molecule has 0 aromatic carbocycles. The predicted molar refractivity (Wildman–Crippen MR) is 107 cm³/mol. The maximum atomic E-state index is 12.7. The number of rotatable bonds is 6. The first kappa shape index (κ1) is 21.2. The number of nitrogens with one attached hydrogen (secondary N) is 1. The van der Waals surface area contributed by atoms with Gasteiger partial charge in [0.2, 0.25) is 5.91 Å². The molecule has 1 atom stereocenters. The summed E-state index contributed by atoms with van der Waals surface area (Å²) in [6.07, 6.45) is 5.25. The second kappa shape index (κ2) is 10.3. The van der Waals surface area contributed by atoms with Gasteiger partial charge in [-0.3, -0.25) is 14.5 Å². The van der Waals surface area contributed by atoms with E-state index in [4.69, 9.17) is 10.00 Å². The molecule has 2 amide bonds. The maximum absolute atomic E-state index is 12.7. The van der Waals surface area contributed by atoms with Gasteiger partial charge in [-0.05, 0) is 44.4 Å². The number of nitrogens with zero attached hydrogens (tertiary/aromatic N) is 4. The van der Waals surface area contributed by atoms with Gasteiger partial charge in [-0.25, -0.2) is 4.98 Å². The topological polar surface area (TPSA) is 98.6 Å². The summed E-state index contributed by atoms with van der Waals surface area (Å²) in [5.74, 6) is 0.118. The van der Waals surface area contributed by atoms with Gasteiger partial charge in [0.05, 0.1) is 18.1 Å². The van der Waals surface area contributed by atoms with Crippen LogP contribution in [0.2, 0.25) is 0 Å². The quantitative estimate of drug-likeness (QED) is 0.718. The molecular weight excluding hydrogens is 370 g/mol. The van der Waals surface area contributed by atoms with Crippen LogP contribution in [0, 0.1) is 17.2 Å². The van der Waals surface area contributed by atoms with E-state index in [1.807, 2.05) is 11.0 Å². The summed E-state index contributed by atoms with van der Waals surface area (Å²) in [5, 5.41) is 11.8. The summed E-state index contributed by atoms with van der Waals surface area (Å²) in [7, 11) is 1.63. The van der Waals surface area contributed by atoms with E-state index >= 15 is 0 Å². The lowest BCUT2D eigenvalue weighted by Gasteiger charge is -2.42. The van der Waals surface area contributed by atoms with Crippen LogP contribution >= 0.6 is 0 Å². The van der Waals surface area contributed by atoms with E-state index in [-0.39, 0.29) is 17.7 Å². The van der Waals surface area contributed by atoms with Gasteiger partial charge in [-0.15, -0.1) is 0 Å². The van der Waals surface area contributed by atoms with Crippen LogP contribution in [0.1, 0.15) is 41.7 Å². The van der Waals surface area contributed by atoms with Crippen LogP contribution in [0.15, 0.2) is 18.3 Å². The Morgan fingerprint density at radius 2 is 2.07 bits per heavy atom. The molecule has 8 nitrogen and oxygen atoms in total. The Morgan fingerprint density at radius 1 is 1.28 bits per heavy atom. The first-order valence-electron chi connectivity index (χ1n) is 10.3. The van der Waals surface area contributed by atoms with Crippen molar-refractivity contribution < 1.29 is 14.3 Å². The number of hydrogen-bond acceptors (Lipinski definition) is 6. The number of carbonyl (C=O) groups excluding carboxylic acids is 2. The van der Waals surface area contributed by atoms with Gasteiger partial charge >= 0.3 is 0 Å². The normalized spacial score (nSPS) is 20.8. The minimum Gasteiger partial charge on any atom is -0.383 e. The zero-order valence-electron chi connectivity index (χ0n) is 17.0. The average molecular weight is 399 g/mol. The third-order valence-electron chi connectivity index (χ3n) is 5.82. The molecule has 8 heteroatoms. The second-order valence-corrected chi connectivity index (χ2v) is 7.69. The largest absolute Gasteiger partial charge is 0.383 e. The van der Waals surface area contributed by atoms with Crippen molar-refractivity contribution >= 4 is 11.8 Å². The van der Waals surface area contributed by atoms with Crippen LogP contribution in [0.4, 0.5) is 0 Å². The highest BCUT2D eigenvalue weighted by molar-refractivity contribution is 5.94. The highest BCUT2D eigenvalue weighted by atomic mass is 16.5. The number of piperidine rings is 2. The van der Waals surface area contributed by atoms with Crippen LogP contribution in [0.5, 0.6) is 0 Å². The molecule has 1 N–H and O–H groups in total. The molecule has 3 rings (SSSR count). The number of carbonyl (C=O) groups is 2. The molecule has 2 aliphatic heterocycles. The third kappa shape index (κ3) is 5.52. The summed E-state index contributed by atoms with van der Waals surface area (Å²) in [4.78, 5) is 33.3. The zero-order valence-corrected chi connectivity index (χ0v) is 17.0. The van der Waals surface area contributed by atoms with Crippen molar-refractivity contribution in [2.45, 2.75) is 31.7 Å². The smallest absolute Gasteiger partial charge is 0.255 e. The monoisotopic (exact) mass is 399 g/mol. The van der Waals surface area contributed by atoms with E-state index in [2.05, 4.69) is 15.2 Å². The fourth-order valence-electron chi connectivity index (χ4n) is 4.18. The molecular formula is C21H29N5O3. The van der Waals surface area contributed by atoms with Crippen molar-refractivity contribution in [2.24, 2.45) is 5.92 Å². The standard InChI is InChI=1S/C21H29N5O3/c1-29-12-8-23-20(27)17-3-2-9-26(15-17)19-6-10-25(11-7-19)21(28)16-4-5-18(13-22)24-14-16/h4-5,14,17,19H,2-3,6-12,15H2,1H3,(H,23,27)/t17-/m0/s1. The molecule has 3 heterocycles. The van der Waals surface area contributed by atoms with Crippen LogP contribution in [0.3, 0.4) is 0 Å². The number of amides is 2. The molecule has 2 aliphatic rings. The average Bonchev–Trinajstić information content (AvgIpc) is 2.79. The van der Waals surface area contributed by atoms with Gasteiger partial charge in [0.25, 0.3) is 5.91 Å². The molecule has 1 aromatic rings. The molecule has 0 aliphatic carbocycles. The predicted octanol–water partition coefficient (Wildman–Crippen LogP) is 1.03. The fourth-order valence-corrected chi connectivity index (χ4v) is 4.18. The first-order valence-corrected chi connectivity index (χ1v) is 10.3. The molecule has 2 saturated heterocycles. The maximum Gasteiger partial charge on any atom is 0.255 e. The van der Waals surface area contributed by atoms with E-state index in [1.54, 1.807) is 19.2 Å². The highest BCUT2D eigenvalue weighted by Gasteiger charge is 2.32. The summed E-state index contributed by atoms with van der Waals surface area (Å²) in [6, 6.07) is 5.61. The number of nitriles is 1. The molecule has 156 valence electrons. The fraction of sp³-hybridized carbons (Fsp3) is 0.619. The molecule has 1 aromatic heterocycles. The Morgan fingerprint density at radius 3 is 2.72 bits per heavy atom. The van der Waals surface area contributed by atoms with Crippen molar-refractivity contribution in [3.63, 3.8) is 0 Å². The van der Waals surface area contributed by atoms with Gasteiger partial charge in [-0.2, -0.15) is 5.26 Å². The molecule has 29 heavy (non-hydrogen) atoms. The molecule has 0 spiro atoms. The van der Waals surface area contributed by atoms with E-state index in [1.165, 1.54) is 6.20 Å². The van der Waals surface area contributed by atoms with Crippen LogP contribution < -0.4 is 5.32 Å². The number of ether oxygens (including phenoxy) is 1. The van der Waals surface area contributed by atoms with Gasteiger partial charge < -0.3 is 15.0 Å². The van der Waals surface area contributed by atoms with Gasteiger partial charge in [-0.1, -0.05) is 0 Å². The van der Waals surface area contributed by atoms with Crippen LogP contribution in [0.25, 0.3) is 0 Å². The Labute approximate surface area is 171 Å². The SMILES string of the molecule is COCCNC(=O)[C@H]1CCCN(C2CCN(C(=O)c3ccc(C#N)nc3)CC2)C1. The Balaban J connectivity index is 1.48. The third-order valence-corrected chi connectivity index (χ3v) is 5.82. The summed E-state index contributed by atoms with van der Waals surface area (Å²) < 4.78 is 4.99. The molecule has 0 bridgehead atoms. The highest BCUT2D eigenvalue weighted by Crippen LogP contribution is 2.24. The van der Waals surface area contributed by atoms with Crippen molar-refractivity contribution in [3.05, 3.63) is 29.6 Å². The van der Waals surface area contributed by atoms with Gasteiger partial charge in [0.15, 0.2) is 0 Å². The van der Waals surface area contributed by atoms with Crippen molar-refractivity contribution in [2.75, 3.05) is 46.4 Å². The molecule has 2 fully saturated rings. The molecule has 0 radical (unpaired) electrons. The van der Waals surface area contributed by atoms with Gasteiger partial charge in [0.1, 0.15) is 11.8 Å². The Kier molecular flexibility index (Phi) is 7.55. The lowest BCUT2D eigenvalue weighted by Crippen LogP contribution is -2.51. The summed E-state index contributed by atoms with van der Waals surface area (Å²) in [5.41, 5.74) is 0.833. The minimum absolute atomic E-state index is 0.0324. The number of hydrogen-bond donors (Lipinski definition) is 1. The van der Waals surface area contributed by atoms with Crippen molar-refractivity contribution in [3.8, 4) is 6.07 Å². The van der Waals surface area contributed by atoms with E-state index in [0.29, 0.717) is 43.5 Å². The Bertz CT molecular complexity index is 738. The van der Waals surface area contributed by atoms with Crippen molar-refractivity contribution in [1.82, 2.24) is 20.1 Å². The zero-order chi connectivity index (χ0) is 20.6. The van der Waals surface area contributed by atoms with E-state index in [9.17, 15) is 9.59 Å². The summed E-state index contributed by atoms with van der Waals surface area (Å²) >= 11 is 0. The number of likely N-dealkylation sites (tertiary alicyclic amines) is 2. The Hall–Kier alpha value is -2.50. The van der Waals surface area contributed by atoms with Crippen LogP contribution in [-0.2, 0) is 9.53 Å². The van der Waals surface area contributed by atoms with Gasteiger partial charge in [0, 0.05) is 45.5 Å². The first-order chi connectivity index (χ1) is 14.1.